The van der Waals surface area contributed by atoms with Crippen LogP contribution in [0, 0.1) is 5.92 Å². The average molecular weight is 341 g/mol. The summed E-state index contributed by atoms with van der Waals surface area (Å²) in [5.74, 6) is -2.88. The summed E-state index contributed by atoms with van der Waals surface area (Å²) >= 11 is 2.53. The Bertz CT molecular complexity index is 642. The van der Waals surface area contributed by atoms with Gasteiger partial charge >= 0.3 is 5.97 Å². The molecule has 2 fully saturated rings. The van der Waals surface area contributed by atoms with Gasteiger partial charge in [0.1, 0.15) is 18.1 Å². The molecule has 6 nitrogen and oxygen atoms in total. The Morgan fingerprint density at radius 3 is 2.64 bits per heavy atom. The molecule has 0 spiro atoms. The molecule has 8 heteroatoms. The number of carbonyl (C=O) groups is 3. The first kappa shape index (κ1) is 15.5. The summed E-state index contributed by atoms with van der Waals surface area (Å²) in [4.78, 5) is 37.6. The zero-order chi connectivity index (χ0) is 16.2. The molecule has 22 heavy (non-hydrogen) atoms. The highest BCUT2D eigenvalue weighted by atomic mass is 32.2. The van der Waals surface area contributed by atoms with Crippen molar-refractivity contribution in [1.82, 2.24) is 4.90 Å². The highest BCUT2D eigenvalue weighted by Gasteiger charge is 2.66. The van der Waals surface area contributed by atoms with Crippen LogP contribution in [0.25, 0.3) is 0 Å². The lowest BCUT2D eigenvalue weighted by Crippen LogP contribution is -2.66. The maximum Gasteiger partial charge on any atom is 0.327 e. The molecule has 1 aromatic rings. The molecule has 0 aromatic carbocycles. The number of thioether (sulfide) groups is 1. The Kier molecular flexibility index (Phi) is 3.58. The second kappa shape index (κ2) is 5.07. The number of amides is 1. The first-order valence-electron chi connectivity index (χ1n) is 6.74. The van der Waals surface area contributed by atoms with E-state index in [4.69, 9.17) is 0 Å². The van der Waals surface area contributed by atoms with E-state index in [1.54, 1.807) is 31.4 Å². The van der Waals surface area contributed by atoms with Crippen LogP contribution in [-0.2, 0) is 9.59 Å². The van der Waals surface area contributed by atoms with Crippen molar-refractivity contribution in [3.05, 3.63) is 22.4 Å². The third-order valence-electron chi connectivity index (χ3n) is 4.09. The van der Waals surface area contributed by atoms with Gasteiger partial charge in [0.15, 0.2) is 0 Å². The van der Waals surface area contributed by atoms with Crippen molar-refractivity contribution in [3.8, 4) is 0 Å². The molecule has 1 aromatic heterocycles. The van der Waals surface area contributed by atoms with E-state index in [1.807, 2.05) is 0 Å². The third kappa shape index (κ3) is 2.09. The minimum Gasteiger partial charge on any atom is -0.480 e. The molecule has 3 rings (SSSR count). The summed E-state index contributed by atoms with van der Waals surface area (Å²) in [6.45, 7) is 3.51. The van der Waals surface area contributed by atoms with E-state index in [2.05, 4.69) is 0 Å². The molecule has 0 bridgehead atoms. The van der Waals surface area contributed by atoms with Crippen molar-refractivity contribution in [2.45, 2.75) is 36.1 Å². The highest BCUT2D eigenvalue weighted by Crippen LogP contribution is 2.54. The van der Waals surface area contributed by atoms with E-state index in [0.717, 1.165) is 0 Å². The molecular formula is C14H15NO5S2. The van der Waals surface area contributed by atoms with Gasteiger partial charge in [-0.25, -0.2) is 4.79 Å². The van der Waals surface area contributed by atoms with E-state index >= 15 is 0 Å². The molecule has 2 N–H and O–H groups in total. The van der Waals surface area contributed by atoms with E-state index in [-0.39, 0.29) is 0 Å². The normalized spacial score (nSPS) is 30.6. The van der Waals surface area contributed by atoms with Gasteiger partial charge in [-0.1, -0.05) is 6.07 Å². The fraction of sp³-hybridized carbons (Fsp3) is 0.500. The number of aliphatic hydroxyl groups excluding tert-OH is 1. The van der Waals surface area contributed by atoms with Crippen molar-refractivity contribution >= 4 is 40.8 Å². The van der Waals surface area contributed by atoms with E-state index in [1.165, 1.54) is 28.0 Å². The zero-order valence-corrected chi connectivity index (χ0v) is 13.6. The predicted molar refractivity (Wildman–Crippen MR) is 81.9 cm³/mol. The largest absolute Gasteiger partial charge is 0.480 e. The summed E-state index contributed by atoms with van der Waals surface area (Å²) < 4.78 is -0.660. The summed E-state index contributed by atoms with van der Waals surface area (Å²) in [6, 6.07) is 2.37. The molecule has 1 amide bonds. The Morgan fingerprint density at radius 1 is 1.41 bits per heavy atom. The fourth-order valence-electron chi connectivity index (χ4n) is 3.06. The number of Topliss-reactive ketones (excluding diaryl/α,β-unsaturated/α-hetero) is 1. The fourth-order valence-corrected chi connectivity index (χ4v) is 5.47. The standard InChI is InChI=1S/C14H15NO5S2/c1-14(2)10(13(19)20)15-11(18)7(12(15)22-14)9(17)8(16)6-4-3-5-21-6/h3-5,7,9-10,12,17H,1-2H3,(H,19,20)/t7-,9?,10+,12-/m1/s1. The number of rotatable bonds is 4. The van der Waals surface area contributed by atoms with Crippen LogP contribution in [0.2, 0.25) is 0 Å². The van der Waals surface area contributed by atoms with E-state index in [9.17, 15) is 24.6 Å². The average Bonchev–Trinajstić information content (AvgIpc) is 3.02. The number of carbonyl (C=O) groups excluding carboxylic acids is 2. The van der Waals surface area contributed by atoms with Crippen molar-refractivity contribution in [1.29, 1.82) is 0 Å². The van der Waals surface area contributed by atoms with Gasteiger partial charge in [0.2, 0.25) is 11.7 Å². The number of carboxylic acid groups (broad SMARTS) is 1. The lowest BCUT2D eigenvalue weighted by atomic mass is 9.86. The zero-order valence-electron chi connectivity index (χ0n) is 11.9. The van der Waals surface area contributed by atoms with Gasteiger partial charge in [-0.2, -0.15) is 0 Å². The smallest absolute Gasteiger partial charge is 0.327 e. The molecule has 0 saturated carbocycles. The summed E-state index contributed by atoms with van der Waals surface area (Å²) in [7, 11) is 0. The molecule has 2 aliphatic heterocycles. The Morgan fingerprint density at radius 2 is 2.09 bits per heavy atom. The highest BCUT2D eigenvalue weighted by molar-refractivity contribution is 8.01. The minimum atomic E-state index is -1.43. The van der Waals surface area contributed by atoms with Crippen LogP contribution in [-0.4, -0.2) is 55.0 Å². The number of β-lactam (4-membered cyclic amide) rings is 1. The quantitative estimate of drug-likeness (QED) is 0.628. The predicted octanol–water partition coefficient (Wildman–Crippen LogP) is 1.05. The Labute approximate surface area is 135 Å². The molecule has 2 aliphatic rings. The topological polar surface area (TPSA) is 94.9 Å². The number of aliphatic hydroxyl groups is 1. The van der Waals surface area contributed by atoms with Crippen molar-refractivity contribution in [3.63, 3.8) is 0 Å². The summed E-state index contributed by atoms with van der Waals surface area (Å²) in [6.07, 6.45) is -1.43. The van der Waals surface area contributed by atoms with Gasteiger partial charge in [-0.15, -0.1) is 23.1 Å². The van der Waals surface area contributed by atoms with Gasteiger partial charge in [-0.05, 0) is 25.3 Å². The van der Waals surface area contributed by atoms with Crippen LogP contribution in [0.3, 0.4) is 0 Å². The number of hydrogen-bond acceptors (Lipinski definition) is 6. The van der Waals surface area contributed by atoms with Gasteiger partial charge in [0, 0.05) is 4.75 Å². The van der Waals surface area contributed by atoms with E-state index in [0.29, 0.717) is 4.88 Å². The number of nitrogens with zero attached hydrogens (tertiary/aromatic N) is 1. The number of aliphatic carboxylic acids is 1. The molecule has 1 unspecified atom stereocenters. The van der Waals surface area contributed by atoms with Crippen molar-refractivity contribution in [2.24, 2.45) is 5.92 Å². The molecule has 0 aliphatic carbocycles. The monoisotopic (exact) mass is 341 g/mol. The van der Waals surface area contributed by atoms with E-state index < -0.39 is 45.8 Å². The Hall–Kier alpha value is -1.38. The lowest BCUT2D eigenvalue weighted by molar-refractivity contribution is -0.167. The minimum absolute atomic E-state index is 0.399. The second-order valence-electron chi connectivity index (χ2n) is 5.91. The molecular weight excluding hydrogens is 326 g/mol. The van der Waals surface area contributed by atoms with Gasteiger partial charge in [0.05, 0.1) is 10.3 Å². The molecule has 0 radical (unpaired) electrons. The Balaban J connectivity index is 1.83. The third-order valence-corrected chi connectivity index (χ3v) is 6.57. The number of carboxylic acids is 1. The van der Waals surface area contributed by atoms with Gasteiger partial charge in [-0.3, -0.25) is 9.59 Å². The van der Waals surface area contributed by atoms with Gasteiger partial charge in [0.25, 0.3) is 0 Å². The number of fused-ring (bicyclic) bond motifs is 1. The lowest BCUT2D eigenvalue weighted by Gasteiger charge is -2.44. The molecule has 3 heterocycles. The first-order valence-corrected chi connectivity index (χ1v) is 8.50. The molecule has 118 valence electrons. The number of ketones is 1. The van der Waals surface area contributed by atoms with Crippen molar-refractivity contribution < 1.29 is 24.6 Å². The van der Waals surface area contributed by atoms with Crippen molar-refractivity contribution in [2.75, 3.05) is 0 Å². The van der Waals surface area contributed by atoms with Crippen LogP contribution >= 0.6 is 23.1 Å². The van der Waals surface area contributed by atoms with Crippen LogP contribution in [0.15, 0.2) is 17.5 Å². The number of hydrogen-bond donors (Lipinski definition) is 2. The van der Waals surface area contributed by atoms with Crippen LogP contribution < -0.4 is 0 Å². The summed E-state index contributed by atoms with van der Waals surface area (Å²) in [5.41, 5.74) is 0. The summed E-state index contributed by atoms with van der Waals surface area (Å²) in [5, 5.41) is 20.9. The van der Waals surface area contributed by atoms with Crippen LogP contribution in [0.5, 0.6) is 0 Å². The molecule has 2 saturated heterocycles. The molecule has 4 atom stereocenters. The maximum absolute atomic E-state index is 12.3. The van der Waals surface area contributed by atoms with Crippen LogP contribution in [0.4, 0.5) is 0 Å². The maximum atomic E-state index is 12.3. The number of thiophene rings is 1. The second-order valence-corrected chi connectivity index (χ2v) is 8.63. The van der Waals surface area contributed by atoms with Gasteiger partial charge < -0.3 is 15.1 Å². The SMILES string of the molecule is CC1(C)S[C@@H]2[C@H](C(O)C(=O)c3cccs3)C(=O)N2[C@H]1C(=O)O. The first-order chi connectivity index (χ1) is 10.3. The van der Waals surface area contributed by atoms with Crippen LogP contribution in [0.1, 0.15) is 23.5 Å².